The number of nitrogens with zero attached hydrogens (tertiary/aromatic N) is 1. The van der Waals surface area contributed by atoms with Gasteiger partial charge in [0.25, 0.3) is 0 Å². The predicted octanol–water partition coefficient (Wildman–Crippen LogP) is 2.45. The van der Waals surface area contributed by atoms with Crippen LogP contribution in [0.2, 0.25) is 0 Å². The quantitative estimate of drug-likeness (QED) is 0.875. The van der Waals surface area contributed by atoms with E-state index in [-0.39, 0.29) is 6.10 Å². The van der Waals surface area contributed by atoms with E-state index >= 15 is 0 Å². The van der Waals surface area contributed by atoms with Gasteiger partial charge in [-0.3, -0.25) is 0 Å². The molecule has 3 nitrogen and oxygen atoms in total. The molecule has 1 aliphatic rings. The number of hydrogen-bond donors (Lipinski definition) is 2. The Morgan fingerprint density at radius 1 is 1.42 bits per heavy atom. The minimum absolute atomic E-state index is 0.171. The normalized spacial score (nSPS) is 20.1. The Labute approximate surface area is 116 Å². The summed E-state index contributed by atoms with van der Waals surface area (Å²) in [6, 6.07) is 7.16. The van der Waals surface area contributed by atoms with Gasteiger partial charge in [0.2, 0.25) is 0 Å². The second-order valence-electron chi connectivity index (χ2n) is 5.90. The second-order valence-corrected chi connectivity index (χ2v) is 5.90. The van der Waals surface area contributed by atoms with Crippen LogP contribution < -0.4 is 10.2 Å². The van der Waals surface area contributed by atoms with Crippen LogP contribution in [0.4, 0.5) is 5.69 Å². The van der Waals surface area contributed by atoms with Gasteiger partial charge >= 0.3 is 0 Å². The Bertz CT molecular complexity index is 417. The first-order valence-corrected chi connectivity index (χ1v) is 7.32. The number of aliphatic hydroxyl groups is 1. The summed E-state index contributed by atoms with van der Waals surface area (Å²) in [6.07, 6.45) is 1.85. The van der Waals surface area contributed by atoms with Gasteiger partial charge in [-0.15, -0.1) is 0 Å². The highest BCUT2D eigenvalue weighted by molar-refractivity contribution is 5.54. The number of benzene rings is 1. The van der Waals surface area contributed by atoms with Crippen molar-refractivity contribution in [3.63, 3.8) is 0 Å². The lowest BCUT2D eigenvalue weighted by molar-refractivity contribution is 0.154. The monoisotopic (exact) mass is 262 g/mol. The molecule has 0 aromatic heterocycles. The molecule has 1 aromatic rings. The zero-order valence-corrected chi connectivity index (χ0v) is 12.3. The number of nitrogens with one attached hydrogen (secondary N) is 1. The maximum Gasteiger partial charge on any atom is 0.0715 e. The molecule has 2 rings (SSSR count). The smallest absolute Gasteiger partial charge is 0.0715 e. The van der Waals surface area contributed by atoms with E-state index in [1.54, 1.807) is 0 Å². The molecule has 1 heterocycles. The predicted molar refractivity (Wildman–Crippen MR) is 80.6 cm³/mol. The number of piperidine rings is 1. The lowest BCUT2D eigenvalue weighted by Crippen LogP contribution is -2.38. The molecule has 0 bridgehead atoms. The molecule has 0 saturated carbocycles. The highest BCUT2D eigenvalue weighted by atomic mass is 16.3. The average molecular weight is 262 g/mol. The van der Waals surface area contributed by atoms with Gasteiger partial charge in [-0.05, 0) is 37.0 Å². The number of anilines is 1. The Morgan fingerprint density at radius 2 is 2.21 bits per heavy atom. The Balaban J connectivity index is 2.06. The van der Waals surface area contributed by atoms with Crippen molar-refractivity contribution in [2.75, 3.05) is 18.0 Å². The standard InChI is InChI=1S/C16H26N2O/c1-12(2)17-10-14-6-7-16(13(3)9-14)18-8-4-5-15(19)11-18/h6-7,9,12,15,17,19H,4-5,8,10-11H2,1-3H3. The number of aryl methyl sites for hydroxylation is 1. The van der Waals surface area contributed by atoms with Crippen molar-refractivity contribution in [2.24, 2.45) is 0 Å². The van der Waals surface area contributed by atoms with Gasteiger partial charge in [0.15, 0.2) is 0 Å². The van der Waals surface area contributed by atoms with Crippen LogP contribution in [-0.2, 0) is 6.54 Å². The molecule has 1 atom stereocenters. The van der Waals surface area contributed by atoms with Crippen LogP contribution in [0.3, 0.4) is 0 Å². The molecule has 106 valence electrons. The lowest BCUT2D eigenvalue weighted by Gasteiger charge is -2.33. The molecule has 0 radical (unpaired) electrons. The van der Waals surface area contributed by atoms with Crippen LogP contribution in [0.5, 0.6) is 0 Å². The largest absolute Gasteiger partial charge is 0.391 e. The zero-order chi connectivity index (χ0) is 13.8. The first kappa shape index (κ1) is 14.4. The van der Waals surface area contributed by atoms with Crippen molar-refractivity contribution in [3.05, 3.63) is 29.3 Å². The van der Waals surface area contributed by atoms with Gasteiger partial charge in [0, 0.05) is 31.4 Å². The fourth-order valence-corrected chi connectivity index (χ4v) is 2.68. The number of hydrogen-bond acceptors (Lipinski definition) is 3. The van der Waals surface area contributed by atoms with Crippen molar-refractivity contribution in [1.82, 2.24) is 5.32 Å². The molecular weight excluding hydrogens is 236 g/mol. The molecule has 0 amide bonds. The van der Waals surface area contributed by atoms with Gasteiger partial charge in [-0.2, -0.15) is 0 Å². The van der Waals surface area contributed by atoms with Crippen LogP contribution >= 0.6 is 0 Å². The third-order valence-electron chi connectivity index (χ3n) is 3.71. The summed E-state index contributed by atoms with van der Waals surface area (Å²) in [5.41, 5.74) is 3.90. The van der Waals surface area contributed by atoms with E-state index in [9.17, 15) is 5.11 Å². The SMILES string of the molecule is Cc1cc(CNC(C)C)ccc1N1CCCC(O)C1. The van der Waals surface area contributed by atoms with Crippen molar-refractivity contribution in [3.8, 4) is 0 Å². The van der Waals surface area contributed by atoms with Gasteiger partial charge in [-0.25, -0.2) is 0 Å². The van der Waals surface area contributed by atoms with Gasteiger partial charge in [-0.1, -0.05) is 26.0 Å². The van der Waals surface area contributed by atoms with E-state index < -0.39 is 0 Å². The summed E-state index contributed by atoms with van der Waals surface area (Å²) >= 11 is 0. The Morgan fingerprint density at radius 3 is 2.84 bits per heavy atom. The van der Waals surface area contributed by atoms with Gasteiger partial charge in [0.05, 0.1) is 6.10 Å². The zero-order valence-electron chi connectivity index (χ0n) is 12.3. The minimum atomic E-state index is -0.171. The Kier molecular flexibility index (Phi) is 4.83. The van der Waals surface area contributed by atoms with E-state index in [0.717, 1.165) is 32.5 Å². The maximum absolute atomic E-state index is 9.78. The average Bonchev–Trinajstić information content (AvgIpc) is 2.36. The summed E-state index contributed by atoms with van der Waals surface area (Å²) in [7, 11) is 0. The van der Waals surface area contributed by atoms with E-state index in [1.807, 2.05) is 0 Å². The van der Waals surface area contributed by atoms with Crippen LogP contribution in [0.25, 0.3) is 0 Å². The summed E-state index contributed by atoms with van der Waals surface area (Å²) < 4.78 is 0. The third kappa shape index (κ3) is 3.95. The molecule has 1 aromatic carbocycles. The van der Waals surface area contributed by atoms with E-state index in [4.69, 9.17) is 0 Å². The first-order chi connectivity index (χ1) is 9.06. The highest BCUT2D eigenvalue weighted by Gasteiger charge is 2.19. The summed E-state index contributed by atoms with van der Waals surface area (Å²) in [6.45, 7) is 9.23. The van der Waals surface area contributed by atoms with Crippen molar-refractivity contribution in [2.45, 2.75) is 52.3 Å². The summed E-state index contributed by atoms with van der Waals surface area (Å²) in [5.74, 6) is 0. The van der Waals surface area contributed by atoms with Crippen molar-refractivity contribution in [1.29, 1.82) is 0 Å². The van der Waals surface area contributed by atoms with E-state index in [2.05, 4.69) is 49.2 Å². The van der Waals surface area contributed by atoms with Gasteiger partial charge < -0.3 is 15.3 Å². The van der Waals surface area contributed by atoms with Crippen LogP contribution in [0.1, 0.15) is 37.8 Å². The third-order valence-corrected chi connectivity index (χ3v) is 3.71. The highest BCUT2D eigenvalue weighted by Crippen LogP contribution is 2.24. The van der Waals surface area contributed by atoms with E-state index in [1.165, 1.54) is 16.8 Å². The topological polar surface area (TPSA) is 35.5 Å². The fraction of sp³-hybridized carbons (Fsp3) is 0.625. The Hall–Kier alpha value is -1.06. The molecule has 1 aliphatic heterocycles. The van der Waals surface area contributed by atoms with Crippen LogP contribution in [0.15, 0.2) is 18.2 Å². The van der Waals surface area contributed by atoms with Crippen LogP contribution in [0, 0.1) is 6.92 Å². The van der Waals surface area contributed by atoms with Crippen molar-refractivity contribution < 1.29 is 5.11 Å². The van der Waals surface area contributed by atoms with Crippen molar-refractivity contribution >= 4 is 5.69 Å². The van der Waals surface area contributed by atoms with Gasteiger partial charge in [0.1, 0.15) is 0 Å². The molecule has 3 heteroatoms. The second kappa shape index (κ2) is 6.40. The maximum atomic E-state index is 9.78. The molecule has 0 spiro atoms. The molecule has 19 heavy (non-hydrogen) atoms. The summed E-state index contributed by atoms with van der Waals surface area (Å²) in [5, 5.41) is 13.2. The number of β-amino-alcohol motifs (C(OH)–C–C–N with tert-alkyl or cyclic N) is 1. The molecule has 1 unspecified atom stereocenters. The van der Waals surface area contributed by atoms with Crippen LogP contribution in [-0.4, -0.2) is 30.3 Å². The summed E-state index contributed by atoms with van der Waals surface area (Å²) in [4.78, 5) is 2.31. The lowest BCUT2D eigenvalue weighted by atomic mass is 10.0. The molecule has 2 N–H and O–H groups in total. The number of aliphatic hydroxyl groups excluding tert-OH is 1. The molecule has 1 fully saturated rings. The molecular formula is C16H26N2O. The fourth-order valence-electron chi connectivity index (χ4n) is 2.68. The van der Waals surface area contributed by atoms with E-state index in [0.29, 0.717) is 6.04 Å². The minimum Gasteiger partial charge on any atom is -0.391 e. The molecule has 0 aliphatic carbocycles. The number of rotatable bonds is 4. The molecule has 1 saturated heterocycles. The first-order valence-electron chi connectivity index (χ1n) is 7.32.